The fourth-order valence-corrected chi connectivity index (χ4v) is 4.83. The summed E-state index contributed by atoms with van der Waals surface area (Å²) in [7, 11) is 0. The molecule has 1 aliphatic rings. The maximum atomic E-state index is 12.2. The molecule has 0 spiro atoms. The Kier molecular flexibility index (Phi) is 12.4. The first-order chi connectivity index (χ1) is 12.9. The van der Waals surface area contributed by atoms with Gasteiger partial charge in [-0.3, -0.25) is 0 Å². The molecule has 0 bridgehead atoms. The molecule has 27 heavy (non-hydrogen) atoms. The van der Waals surface area contributed by atoms with Crippen LogP contribution >= 0.6 is 0 Å². The summed E-state index contributed by atoms with van der Waals surface area (Å²) in [6.45, 7) is 8.79. The van der Waals surface area contributed by atoms with E-state index in [9.17, 15) is 5.21 Å². The average molecular weight is 380 g/mol. The monoisotopic (exact) mass is 379 g/mol. The summed E-state index contributed by atoms with van der Waals surface area (Å²) in [6, 6.07) is 0. The summed E-state index contributed by atoms with van der Waals surface area (Å²) in [4.78, 5) is 0. The van der Waals surface area contributed by atoms with Crippen LogP contribution in [-0.4, -0.2) is 16.5 Å². The van der Waals surface area contributed by atoms with Crippen LogP contribution in [0.25, 0.3) is 0 Å². The van der Waals surface area contributed by atoms with Crippen LogP contribution in [0.1, 0.15) is 143 Å². The minimum absolute atomic E-state index is 0.0750. The predicted molar refractivity (Wildman–Crippen MR) is 121 cm³/mol. The highest BCUT2D eigenvalue weighted by atomic mass is 16.5. The van der Waals surface area contributed by atoms with Crippen LogP contribution in [0, 0.1) is 10.6 Å². The summed E-state index contributed by atoms with van der Waals surface area (Å²) in [5.41, 5.74) is -0.0783. The zero-order valence-corrected chi connectivity index (χ0v) is 19.2. The van der Waals surface area contributed by atoms with Crippen molar-refractivity contribution in [2.45, 2.75) is 149 Å². The van der Waals surface area contributed by atoms with E-state index >= 15 is 0 Å². The highest BCUT2D eigenvalue weighted by Gasteiger charge is 2.45. The van der Waals surface area contributed by atoms with E-state index in [0.717, 1.165) is 12.8 Å². The third-order valence-corrected chi connectivity index (χ3v) is 6.40. The molecule has 0 aromatic carbocycles. The summed E-state index contributed by atoms with van der Waals surface area (Å²) in [5.74, 6) is 0. The number of unbranched alkanes of at least 4 members (excludes halogenated alkanes) is 15. The van der Waals surface area contributed by atoms with Gasteiger partial charge in [-0.05, 0) is 6.42 Å². The zero-order valence-electron chi connectivity index (χ0n) is 19.2. The van der Waals surface area contributed by atoms with Gasteiger partial charge in [-0.15, -0.1) is 0 Å². The minimum atomic E-state index is -0.153. The van der Waals surface area contributed by atoms with Gasteiger partial charge in [-0.2, -0.15) is 0 Å². The molecule has 2 nitrogen and oxygen atoms in total. The molecule has 0 N–H and O–H groups in total. The van der Waals surface area contributed by atoms with Gasteiger partial charge >= 0.3 is 0 Å². The maximum absolute atomic E-state index is 12.2. The smallest absolute Gasteiger partial charge is 0.170 e. The fourth-order valence-electron chi connectivity index (χ4n) is 4.83. The molecule has 0 radical (unpaired) electrons. The van der Waals surface area contributed by atoms with E-state index in [1.165, 1.54) is 107 Å². The highest BCUT2D eigenvalue weighted by molar-refractivity contribution is 5.61. The third kappa shape index (κ3) is 11.2. The standard InChI is InChI=1S/C25H49NO/c1-5-6-7-8-9-10-11-12-13-14-15-16-17-18-19-20-21-25(4)22-24(2,3)23-26(25)27/h23H,5-22H2,1-4H3. The highest BCUT2D eigenvalue weighted by Crippen LogP contribution is 2.37. The Labute approximate surface area is 170 Å². The lowest BCUT2D eigenvalue weighted by Gasteiger charge is -2.24. The second-order valence-electron chi connectivity index (χ2n) is 10.2. The largest absolute Gasteiger partial charge is 0.624 e. The van der Waals surface area contributed by atoms with Crippen molar-refractivity contribution in [1.82, 2.24) is 0 Å². The predicted octanol–water partition coefficient (Wildman–Crippen LogP) is 8.41. The van der Waals surface area contributed by atoms with E-state index in [0.29, 0.717) is 0 Å². The number of hydroxylamine groups is 1. The molecule has 0 aromatic heterocycles. The van der Waals surface area contributed by atoms with Crippen molar-refractivity contribution in [2.75, 3.05) is 0 Å². The normalized spacial score (nSPS) is 21.6. The molecule has 1 atom stereocenters. The van der Waals surface area contributed by atoms with Gasteiger partial charge in [-0.25, -0.2) is 4.74 Å². The van der Waals surface area contributed by atoms with E-state index in [-0.39, 0.29) is 11.0 Å². The molecular formula is C25H49NO. The van der Waals surface area contributed by atoms with Crippen molar-refractivity contribution in [3.05, 3.63) is 5.21 Å². The molecular weight excluding hydrogens is 330 g/mol. The molecule has 0 aromatic rings. The second kappa shape index (κ2) is 13.6. The Morgan fingerprint density at radius 1 is 0.667 bits per heavy atom. The molecule has 0 aliphatic carbocycles. The van der Waals surface area contributed by atoms with Crippen LogP contribution in [0.15, 0.2) is 0 Å². The topological polar surface area (TPSA) is 26.1 Å². The van der Waals surface area contributed by atoms with Crippen LogP contribution in [-0.2, 0) is 0 Å². The van der Waals surface area contributed by atoms with Gasteiger partial charge in [0.25, 0.3) is 0 Å². The van der Waals surface area contributed by atoms with E-state index in [4.69, 9.17) is 0 Å². The Bertz CT molecular complexity index is 401. The van der Waals surface area contributed by atoms with E-state index in [2.05, 4.69) is 27.7 Å². The van der Waals surface area contributed by atoms with Gasteiger partial charge in [0.1, 0.15) is 0 Å². The lowest BCUT2D eigenvalue weighted by atomic mass is 9.81. The number of hydrogen-bond donors (Lipinski definition) is 0. The molecule has 1 heterocycles. The lowest BCUT2D eigenvalue weighted by molar-refractivity contribution is -0.534. The van der Waals surface area contributed by atoms with Gasteiger partial charge < -0.3 is 5.21 Å². The summed E-state index contributed by atoms with van der Waals surface area (Å²) >= 11 is 0. The molecule has 1 aliphatic heterocycles. The second-order valence-corrected chi connectivity index (χ2v) is 10.2. The van der Waals surface area contributed by atoms with Gasteiger partial charge in [0.15, 0.2) is 11.8 Å². The average Bonchev–Trinajstić information content (AvgIpc) is 2.81. The van der Waals surface area contributed by atoms with Crippen molar-refractivity contribution in [3.8, 4) is 0 Å². The molecule has 0 saturated heterocycles. The van der Waals surface area contributed by atoms with Crippen molar-refractivity contribution < 1.29 is 4.74 Å². The Balaban J connectivity index is 1.83. The van der Waals surface area contributed by atoms with Crippen molar-refractivity contribution in [2.24, 2.45) is 5.41 Å². The van der Waals surface area contributed by atoms with Crippen LogP contribution in [0.5, 0.6) is 0 Å². The molecule has 0 saturated carbocycles. The Hall–Kier alpha value is -0.530. The molecule has 1 rings (SSSR count). The van der Waals surface area contributed by atoms with Gasteiger partial charge in [0, 0.05) is 25.2 Å². The first-order valence-corrected chi connectivity index (χ1v) is 12.2. The van der Waals surface area contributed by atoms with Crippen LogP contribution in [0.3, 0.4) is 0 Å². The van der Waals surface area contributed by atoms with E-state index < -0.39 is 0 Å². The van der Waals surface area contributed by atoms with Gasteiger partial charge in [0.2, 0.25) is 0 Å². The van der Waals surface area contributed by atoms with Crippen molar-refractivity contribution >= 4 is 6.21 Å². The van der Waals surface area contributed by atoms with Crippen molar-refractivity contribution in [3.63, 3.8) is 0 Å². The van der Waals surface area contributed by atoms with Crippen LogP contribution < -0.4 is 0 Å². The lowest BCUT2D eigenvalue weighted by Crippen LogP contribution is -2.32. The molecule has 0 amide bonds. The number of rotatable bonds is 17. The van der Waals surface area contributed by atoms with Gasteiger partial charge in [0.05, 0.1) is 0 Å². The quantitative estimate of drug-likeness (QED) is 0.141. The van der Waals surface area contributed by atoms with E-state index in [1.807, 2.05) is 6.21 Å². The Morgan fingerprint density at radius 3 is 1.37 bits per heavy atom. The number of hydrogen-bond acceptors (Lipinski definition) is 1. The first kappa shape index (κ1) is 24.5. The zero-order chi connectivity index (χ0) is 20.0. The molecule has 0 fully saturated rings. The van der Waals surface area contributed by atoms with Crippen molar-refractivity contribution in [1.29, 1.82) is 0 Å². The third-order valence-electron chi connectivity index (χ3n) is 6.40. The Morgan fingerprint density at radius 2 is 1.04 bits per heavy atom. The molecule has 160 valence electrons. The minimum Gasteiger partial charge on any atom is -0.624 e. The summed E-state index contributed by atoms with van der Waals surface area (Å²) < 4.78 is 1.25. The summed E-state index contributed by atoms with van der Waals surface area (Å²) in [5, 5.41) is 12.2. The maximum Gasteiger partial charge on any atom is 0.170 e. The number of nitrogens with zero attached hydrogens (tertiary/aromatic N) is 1. The van der Waals surface area contributed by atoms with E-state index in [1.54, 1.807) is 0 Å². The van der Waals surface area contributed by atoms with Gasteiger partial charge in [-0.1, -0.05) is 117 Å². The fraction of sp³-hybridized carbons (Fsp3) is 0.960. The SMILES string of the molecule is CCCCCCCCCCCCCCCCCCC1(C)CC(C)(C)C=[N+]1[O-]. The molecule has 2 heteroatoms. The first-order valence-electron chi connectivity index (χ1n) is 12.2. The van der Waals surface area contributed by atoms with Crippen LogP contribution in [0.4, 0.5) is 0 Å². The summed E-state index contributed by atoms with van der Waals surface area (Å²) in [6.07, 6.45) is 26.4. The van der Waals surface area contributed by atoms with Crippen LogP contribution in [0.2, 0.25) is 0 Å². The molecule has 1 unspecified atom stereocenters.